The van der Waals surface area contributed by atoms with Gasteiger partial charge in [0.25, 0.3) is 0 Å². The van der Waals surface area contributed by atoms with E-state index in [4.69, 9.17) is 9.72 Å². The van der Waals surface area contributed by atoms with Crippen LogP contribution < -0.4 is 10.6 Å². The van der Waals surface area contributed by atoms with Gasteiger partial charge < -0.3 is 14.5 Å². The molecule has 0 unspecified atom stereocenters. The molecule has 36 heavy (non-hydrogen) atoms. The third kappa shape index (κ3) is 4.08. The minimum Gasteiger partial charge on any atom is -0.379 e. The minimum absolute atomic E-state index is 0.00981. The van der Waals surface area contributed by atoms with Crippen LogP contribution in [0.4, 0.5) is 5.82 Å². The fraction of sp³-hybridized carbons (Fsp3) is 0.464. The zero-order valence-corrected chi connectivity index (χ0v) is 21.4. The summed E-state index contributed by atoms with van der Waals surface area (Å²) < 4.78 is 9.37. The Hall–Kier alpha value is -3.23. The lowest BCUT2D eigenvalue weighted by Crippen LogP contribution is -2.31. The van der Waals surface area contributed by atoms with Crippen LogP contribution in [0, 0.1) is 5.92 Å². The molecule has 0 aliphatic carbocycles. The van der Waals surface area contributed by atoms with E-state index in [0.29, 0.717) is 12.5 Å². The Morgan fingerprint density at radius 1 is 1.08 bits per heavy atom. The molecule has 1 aromatic carbocycles. The van der Waals surface area contributed by atoms with Crippen LogP contribution in [0.5, 0.6) is 0 Å². The van der Waals surface area contributed by atoms with Gasteiger partial charge in [-0.25, -0.2) is 9.78 Å². The molecule has 0 N–H and O–H groups in total. The zero-order chi connectivity index (χ0) is 24.8. The second-order valence-electron chi connectivity index (χ2n) is 10.6. The molecule has 8 nitrogen and oxygen atoms in total. The Kier molecular flexibility index (Phi) is 6.01. The van der Waals surface area contributed by atoms with Gasteiger partial charge in [0.1, 0.15) is 5.82 Å². The van der Waals surface area contributed by atoms with E-state index >= 15 is 0 Å². The standard InChI is InChI=1S/C28H34N6O2/c1-31(2)16-19-10-11-33(17-19)26-9-7-21(14-30-26)20-6-8-24-23(13-20)27-25(15-29-24)32(3)28(35)34(27)22-5-4-12-36-18-22/h6-9,13-15,19,22H,4-5,10-12,16-18H2,1-3H3/t19-,22-/m0/s1. The van der Waals surface area contributed by atoms with E-state index in [0.717, 1.165) is 78.0 Å². The van der Waals surface area contributed by atoms with Crippen molar-refractivity contribution in [3.05, 3.63) is 53.2 Å². The van der Waals surface area contributed by atoms with E-state index < -0.39 is 0 Å². The molecule has 2 aliphatic heterocycles. The van der Waals surface area contributed by atoms with Crippen LogP contribution >= 0.6 is 0 Å². The number of benzene rings is 1. The molecule has 2 saturated heterocycles. The first kappa shape index (κ1) is 23.2. The van der Waals surface area contributed by atoms with E-state index in [-0.39, 0.29) is 11.7 Å². The number of rotatable bonds is 5. The van der Waals surface area contributed by atoms with Crippen molar-refractivity contribution in [1.29, 1.82) is 0 Å². The molecule has 188 valence electrons. The molecule has 6 rings (SSSR count). The molecule has 4 aromatic rings. The highest BCUT2D eigenvalue weighted by Crippen LogP contribution is 2.32. The van der Waals surface area contributed by atoms with Crippen molar-refractivity contribution in [2.75, 3.05) is 51.8 Å². The molecule has 2 atom stereocenters. The summed E-state index contributed by atoms with van der Waals surface area (Å²) in [5.74, 6) is 1.73. The first-order chi connectivity index (χ1) is 17.5. The molecule has 0 spiro atoms. The van der Waals surface area contributed by atoms with Gasteiger partial charge in [-0.05, 0) is 69.1 Å². The molecule has 0 saturated carbocycles. The van der Waals surface area contributed by atoms with Crippen LogP contribution in [0.25, 0.3) is 33.1 Å². The number of pyridine rings is 2. The Labute approximate surface area is 211 Å². The van der Waals surface area contributed by atoms with Crippen LogP contribution in [-0.2, 0) is 11.8 Å². The average Bonchev–Trinajstić information content (AvgIpc) is 3.46. The Bertz CT molecular complexity index is 1450. The van der Waals surface area contributed by atoms with Crippen LogP contribution in [0.2, 0.25) is 0 Å². The number of anilines is 1. The van der Waals surface area contributed by atoms with Crippen molar-refractivity contribution in [3.8, 4) is 11.1 Å². The maximum absolute atomic E-state index is 13.3. The Morgan fingerprint density at radius 2 is 1.94 bits per heavy atom. The van der Waals surface area contributed by atoms with Crippen molar-refractivity contribution in [1.82, 2.24) is 24.0 Å². The van der Waals surface area contributed by atoms with Crippen molar-refractivity contribution < 1.29 is 4.74 Å². The van der Waals surface area contributed by atoms with Crippen LogP contribution in [0.15, 0.2) is 47.5 Å². The minimum atomic E-state index is -0.00981. The van der Waals surface area contributed by atoms with Crippen LogP contribution in [0.1, 0.15) is 25.3 Å². The monoisotopic (exact) mass is 486 g/mol. The van der Waals surface area contributed by atoms with Crippen molar-refractivity contribution in [2.24, 2.45) is 13.0 Å². The molecule has 8 heteroatoms. The SMILES string of the molecule is CN(C)C[C@@H]1CCN(c2ccc(-c3ccc4ncc5c(c4c3)n([C@H]3CCCOC3)c(=O)n5C)cn2)C1. The summed E-state index contributed by atoms with van der Waals surface area (Å²) in [5, 5.41) is 0.989. The van der Waals surface area contributed by atoms with E-state index in [1.54, 1.807) is 4.57 Å². The highest BCUT2D eigenvalue weighted by atomic mass is 16.5. The number of nitrogens with zero attached hydrogens (tertiary/aromatic N) is 6. The summed E-state index contributed by atoms with van der Waals surface area (Å²) in [5.41, 5.74) is 4.81. The predicted molar refractivity (Wildman–Crippen MR) is 144 cm³/mol. The fourth-order valence-corrected chi connectivity index (χ4v) is 5.92. The van der Waals surface area contributed by atoms with Crippen molar-refractivity contribution in [2.45, 2.75) is 25.3 Å². The van der Waals surface area contributed by atoms with E-state index in [2.05, 4.69) is 53.1 Å². The van der Waals surface area contributed by atoms with Gasteiger partial charge in [0, 0.05) is 50.4 Å². The smallest absolute Gasteiger partial charge is 0.329 e. The molecule has 5 heterocycles. The van der Waals surface area contributed by atoms with Gasteiger partial charge in [-0.1, -0.05) is 6.07 Å². The van der Waals surface area contributed by atoms with Gasteiger partial charge in [-0.3, -0.25) is 14.1 Å². The molecule has 2 fully saturated rings. The van der Waals surface area contributed by atoms with E-state index in [1.165, 1.54) is 6.42 Å². The lowest BCUT2D eigenvalue weighted by atomic mass is 10.0. The predicted octanol–water partition coefficient (Wildman–Crippen LogP) is 3.69. The number of hydrogen-bond acceptors (Lipinski definition) is 6. The van der Waals surface area contributed by atoms with Gasteiger partial charge in [0.15, 0.2) is 0 Å². The Morgan fingerprint density at radius 3 is 2.69 bits per heavy atom. The van der Waals surface area contributed by atoms with Crippen molar-refractivity contribution >= 4 is 27.8 Å². The lowest BCUT2D eigenvalue weighted by molar-refractivity contribution is 0.0593. The first-order valence-corrected chi connectivity index (χ1v) is 12.9. The quantitative estimate of drug-likeness (QED) is 0.429. The fourth-order valence-electron chi connectivity index (χ4n) is 5.92. The van der Waals surface area contributed by atoms with Gasteiger partial charge in [0.2, 0.25) is 0 Å². The maximum Gasteiger partial charge on any atom is 0.329 e. The van der Waals surface area contributed by atoms with Crippen LogP contribution in [-0.4, -0.2) is 70.9 Å². The average molecular weight is 487 g/mol. The highest BCUT2D eigenvalue weighted by molar-refractivity contribution is 6.04. The number of aryl methyl sites for hydroxylation is 1. The summed E-state index contributed by atoms with van der Waals surface area (Å²) in [6.07, 6.45) is 6.90. The number of ether oxygens (including phenoxy) is 1. The molecule has 3 aromatic heterocycles. The number of imidazole rings is 1. The number of fused-ring (bicyclic) bond motifs is 3. The number of hydrogen-bond donors (Lipinski definition) is 0. The first-order valence-electron chi connectivity index (χ1n) is 12.9. The van der Waals surface area contributed by atoms with Gasteiger partial charge >= 0.3 is 5.69 Å². The maximum atomic E-state index is 13.3. The summed E-state index contributed by atoms with van der Waals surface area (Å²) in [6, 6.07) is 10.6. The van der Waals surface area contributed by atoms with Gasteiger partial charge in [-0.15, -0.1) is 0 Å². The molecular weight excluding hydrogens is 452 g/mol. The molecule has 2 aliphatic rings. The topological polar surface area (TPSA) is 68.4 Å². The molecule has 0 bridgehead atoms. The normalized spacial score (nSPS) is 20.7. The summed E-state index contributed by atoms with van der Waals surface area (Å²) >= 11 is 0. The largest absolute Gasteiger partial charge is 0.379 e. The van der Waals surface area contributed by atoms with Gasteiger partial charge in [0.05, 0.1) is 35.4 Å². The van der Waals surface area contributed by atoms with Crippen LogP contribution in [0.3, 0.4) is 0 Å². The summed E-state index contributed by atoms with van der Waals surface area (Å²) in [4.78, 5) is 27.4. The second-order valence-corrected chi connectivity index (χ2v) is 10.6. The van der Waals surface area contributed by atoms with E-state index in [1.807, 2.05) is 30.1 Å². The van der Waals surface area contributed by atoms with E-state index in [9.17, 15) is 4.79 Å². The van der Waals surface area contributed by atoms with Gasteiger partial charge in [-0.2, -0.15) is 0 Å². The second kappa shape index (κ2) is 9.33. The summed E-state index contributed by atoms with van der Waals surface area (Å²) in [7, 11) is 6.10. The highest BCUT2D eigenvalue weighted by Gasteiger charge is 2.25. The zero-order valence-electron chi connectivity index (χ0n) is 21.4. The lowest BCUT2D eigenvalue weighted by Gasteiger charge is -2.23. The number of aromatic nitrogens is 4. The molecular formula is C28H34N6O2. The Balaban J connectivity index is 1.36. The third-order valence-corrected chi connectivity index (χ3v) is 7.73. The molecule has 0 amide bonds. The molecule has 0 radical (unpaired) electrons. The third-order valence-electron chi connectivity index (χ3n) is 7.73. The summed E-state index contributed by atoms with van der Waals surface area (Å²) in [6.45, 7) is 4.56. The van der Waals surface area contributed by atoms with Crippen molar-refractivity contribution in [3.63, 3.8) is 0 Å².